The van der Waals surface area contributed by atoms with Crippen LogP contribution in [0.25, 0.3) is 0 Å². The summed E-state index contributed by atoms with van der Waals surface area (Å²) in [6.45, 7) is 10.1. The first-order valence-corrected chi connectivity index (χ1v) is 9.74. The third-order valence-electron chi connectivity index (χ3n) is 8.02. The molecule has 2 saturated carbocycles. The van der Waals surface area contributed by atoms with Crippen LogP contribution in [0.4, 0.5) is 0 Å². The lowest BCUT2D eigenvalue weighted by atomic mass is 9.42. The van der Waals surface area contributed by atoms with Gasteiger partial charge in [0.25, 0.3) is 0 Å². The maximum atomic E-state index is 13.2. The van der Waals surface area contributed by atoms with Crippen LogP contribution in [0.1, 0.15) is 79.1 Å². The van der Waals surface area contributed by atoms with E-state index >= 15 is 0 Å². The van der Waals surface area contributed by atoms with Crippen LogP contribution < -0.4 is 5.73 Å². The summed E-state index contributed by atoms with van der Waals surface area (Å²) in [7, 11) is 0. The minimum Gasteiger partial charge on any atom is -0.329 e. The van der Waals surface area contributed by atoms with Gasteiger partial charge < -0.3 is 5.73 Å². The van der Waals surface area contributed by atoms with E-state index in [1.807, 2.05) is 6.08 Å². The van der Waals surface area contributed by atoms with Gasteiger partial charge in [0, 0.05) is 12.0 Å². The first-order chi connectivity index (χ1) is 10.8. The molecule has 0 saturated heterocycles. The smallest absolute Gasteiger partial charge is 0.163 e. The number of nitrogens with two attached hydrogens (primary N) is 1. The van der Waals surface area contributed by atoms with Gasteiger partial charge in [0.2, 0.25) is 0 Å². The molecule has 0 heterocycles. The molecule has 3 rings (SSSR count). The fraction of sp³-hybridized carbons (Fsp3) is 0.857. The quantitative estimate of drug-likeness (QED) is 0.789. The molecular formula is C21H35NO. The van der Waals surface area contributed by atoms with Crippen LogP contribution in [-0.2, 0) is 4.79 Å². The van der Waals surface area contributed by atoms with Crippen LogP contribution in [0.15, 0.2) is 11.6 Å². The number of rotatable bonds is 2. The first-order valence-electron chi connectivity index (χ1n) is 9.74. The largest absolute Gasteiger partial charge is 0.329 e. The van der Waals surface area contributed by atoms with E-state index in [0.717, 1.165) is 31.6 Å². The monoisotopic (exact) mass is 317 g/mol. The van der Waals surface area contributed by atoms with Gasteiger partial charge in [-0.05, 0) is 73.7 Å². The minimum absolute atomic E-state index is 0.282. The van der Waals surface area contributed by atoms with Crippen molar-refractivity contribution < 1.29 is 4.79 Å². The summed E-state index contributed by atoms with van der Waals surface area (Å²) >= 11 is 0. The Morgan fingerprint density at radius 3 is 2.52 bits per heavy atom. The van der Waals surface area contributed by atoms with Gasteiger partial charge in [-0.3, -0.25) is 4.79 Å². The second kappa shape index (κ2) is 5.72. The van der Waals surface area contributed by atoms with E-state index in [4.69, 9.17) is 5.73 Å². The fourth-order valence-corrected chi connectivity index (χ4v) is 6.77. The third kappa shape index (κ3) is 2.44. The molecule has 4 atom stereocenters. The van der Waals surface area contributed by atoms with Crippen molar-refractivity contribution in [3.05, 3.63) is 11.6 Å². The number of ketones is 1. The Kier molecular flexibility index (Phi) is 4.28. The van der Waals surface area contributed by atoms with Crippen molar-refractivity contribution in [2.45, 2.75) is 79.1 Å². The summed E-state index contributed by atoms with van der Waals surface area (Å²) in [4.78, 5) is 13.2. The van der Waals surface area contributed by atoms with Crippen LogP contribution in [0, 0.1) is 28.1 Å². The standard InChI is InChI=1S/C21H35NO/c1-5-15-7-8-17-20(4)11-6-10-19(2,3)16(20)9-12-21(17,14-22)18(23)13-15/h13,16-17H,5-12,14,22H2,1-4H3. The number of hydrogen-bond donors (Lipinski definition) is 1. The Bertz CT molecular complexity index is 520. The molecule has 2 N–H and O–H groups in total. The summed E-state index contributed by atoms with van der Waals surface area (Å²) in [6, 6.07) is 0. The molecule has 0 aromatic carbocycles. The van der Waals surface area contributed by atoms with Crippen molar-refractivity contribution in [3.63, 3.8) is 0 Å². The molecule has 2 heteroatoms. The van der Waals surface area contributed by atoms with Gasteiger partial charge in [-0.25, -0.2) is 0 Å². The predicted octanol–water partition coefficient (Wildman–Crippen LogP) is 4.87. The topological polar surface area (TPSA) is 43.1 Å². The van der Waals surface area contributed by atoms with Crippen LogP contribution in [0.2, 0.25) is 0 Å². The molecule has 0 bridgehead atoms. The van der Waals surface area contributed by atoms with Crippen LogP contribution in [0.5, 0.6) is 0 Å². The zero-order valence-electron chi connectivity index (χ0n) is 15.6. The molecule has 4 unspecified atom stereocenters. The highest BCUT2D eigenvalue weighted by atomic mass is 16.1. The molecule has 130 valence electrons. The van der Waals surface area contributed by atoms with E-state index in [9.17, 15) is 4.79 Å². The van der Waals surface area contributed by atoms with E-state index in [1.165, 1.54) is 31.3 Å². The summed E-state index contributed by atoms with van der Waals surface area (Å²) < 4.78 is 0. The lowest BCUT2D eigenvalue weighted by molar-refractivity contribution is -0.155. The van der Waals surface area contributed by atoms with Gasteiger partial charge in [0.05, 0.1) is 0 Å². The Hall–Kier alpha value is -0.630. The highest BCUT2D eigenvalue weighted by molar-refractivity contribution is 5.96. The van der Waals surface area contributed by atoms with Crippen molar-refractivity contribution in [2.75, 3.05) is 6.54 Å². The lowest BCUT2D eigenvalue weighted by Gasteiger charge is -2.62. The molecule has 23 heavy (non-hydrogen) atoms. The van der Waals surface area contributed by atoms with Gasteiger partial charge in [-0.15, -0.1) is 0 Å². The lowest BCUT2D eigenvalue weighted by Crippen LogP contribution is -2.59. The highest BCUT2D eigenvalue weighted by Crippen LogP contribution is 2.65. The number of hydrogen-bond acceptors (Lipinski definition) is 2. The van der Waals surface area contributed by atoms with E-state index in [0.29, 0.717) is 23.7 Å². The molecule has 0 aromatic rings. The van der Waals surface area contributed by atoms with Gasteiger partial charge in [-0.1, -0.05) is 39.7 Å². The average molecular weight is 318 g/mol. The molecule has 3 aliphatic carbocycles. The van der Waals surface area contributed by atoms with Gasteiger partial charge >= 0.3 is 0 Å². The molecule has 2 fully saturated rings. The average Bonchev–Trinajstić information content (AvgIpc) is 2.64. The zero-order valence-corrected chi connectivity index (χ0v) is 15.6. The summed E-state index contributed by atoms with van der Waals surface area (Å²) in [5.74, 6) is 1.55. The summed E-state index contributed by atoms with van der Waals surface area (Å²) in [5.41, 5.74) is 8.04. The highest BCUT2D eigenvalue weighted by Gasteiger charge is 2.61. The maximum absolute atomic E-state index is 13.2. The number of fused-ring (bicyclic) bond motifs is 3. The molecule has 0 radical (unpaired) electrons. The van der Waals surface area contributed by atoms with Gasteiger partial charge in [0.15, 0.2) is 5.78 Å². The van der Waals surface area contributed by atoms with Crippen LogP contribution in [0.3, 0.4) is 0 Å². The van der Waals surface area contributed by atoms with E-state index < -0.39 is 0 Å². The molecule has 0 aromatic heterocycles. The molecule has 0 spiro atoms. The number of carbonyl (C=O) groups excluding carboxylic acids is 1. The van der Waals surface area contributed by atoms with Crippen molar-refractivity contribution in [1.29, 1.82) is 0 Å². The molecule has 3 aliphatic rings. The Balaban J connectivity index is 2.05. The van der Waals surface area contributed by atoms with Crippen LogP contribution >= 0.6 is 0 Å². The van der Waals surface area contributed by atoms with E-state index in [1.54, 1.807) is 0 Å². The number of allylic oxidation sites excluding steroid dienone is 2. The van der Waals surface area contributed by atoms with E-state index in [2.05, 4.69) is 27.7 Å². The van der Waals surface area contributed by atoms with Crippen molar-refractivity contribution >= 4 is 5.78 Å². The molecule has 0 amide bonds. The normalized spacial score (nSPS) is 43.2. The van der Waals surface area contributed by atoms with Gasteiger partial charge in [0.1, 0.15) is 0 Å². The molecule has 0 aliphatic heterocycles. The van der Waals surface area contributed by atoms with Crippen molar-refractivity contribution in [3.8, 4) is 0 Å². The summed E-state index contributed by atoms with van der Waals surface area (Å²) in [6.07, 6.45) is 11.3. The Morgan fingerprint density at radius 1 is 1.13 bits per heavy atom. The van der Waals surface area contributed by atoms with Crippen LogP contribution in [-0.4, -0.2) is 12.3 Å². The first kappa shape index (κ1) is 17.2. The van der Waals surface area contributed by atoms with Gasteiger partial charge in [-0.2, -0.15) is 0 Å². The second-order valence-electron chi connectivity index (χ2n) is 9.41. The van der Waals surface area contributed by atoms with Crippen molar-refractivity contribution in [1.82, 2.24) is 0 Å². The molecule has 2 nitrogen and oxygen atoms in total. The second-order valence-corrected chi connectivity index (χ2v) is 9.41. The summed E-state index contributed by atoms with van der Waals surface area (Å²) in [5, 5.41) is 0. The third-order valence-corrected chi connectivity index (χ3v) is 8.02. The molecular weight excluding hydrogens is 282 g/mol. The van der Waals surface area contributed by atoms with Crippen molar-refractivity contribution in [2.24, 2.45) is 33.8 Å². The van der Waals surface area contributed by atoms with E-state index in [-0.39, 0.29) is 10.8 Å². The minimum atomic E-state index is -0.282. The Labute approximate surface area is 142 Å². The zero-order chi connectivity index (χ0) is 16.9. The SMILES string of the molecule is CCC1=CC(=O)C2(CN)CCC3C(C)(C)CCCC3(C)C2CC1. The number of carbonyl (C=O) groups is 1. The Morgan fingerprint density at radius 2 is 1.87 bits per heavy atom. The predicted molar refractivity (Wildman–Crippen MR) is 96.1 cm³/mol. The maximum Gasteiger partial charge on any atom is 0.163 e. The fourth-order valence-electron chi connectivity index (χ4n) is 6.77.